The Morgan fingerprint density at radius 2 is 1.87 bits per heavy atom. The quantitative estimate of drug-likeness (QED) is 0.641. The van der Waals surface area contributed by atoms with Gasteiger partial charge < -0.3 is 21.0 Å². The molecule has 0 aromatic heterocycles. The zero-order valence-corrected chi connectivity index (χ0v) is 8.45. The zero-order valence-electron chi connectivity index (χ0n) is 7.64. The molecule has 0 aliphatic heterocycles. The fraction of sp³-hybridized carbons (Fsp3) is 0.125. The van der Waals surface area contributed by atoms with Crippen LogP contribution in [0.15, 0.2) is 29.2 Å². The largest absolute Gasteiger partial charge is 0.530 e. The molecular formula is C8H9N2O4S-. The Hall–Kier alpha value is -1.76. The molecule has 3 N–H and O–H groups in total. The summed E-state index contributed by atoms with van der Waals surface area (Å²) in [6.45, 7) is 0. The number of nitrogen functional groups attached to an aromatic ring is 1. The number of benzene rings is 1. The van der Waals surface area contributed by atoms with Crippen LogP contribution in [0.3, 0.4) is 0 Å². The second-order valence-electron chi connectivity index (χ2n) is 2.79. The van der Waals surface area contributed by atoms with Crippen LogP contribution in [-0.2, 0) is 9.84 Å². The zero-order chi connectivity index (χ0) is 11.5. The van der Waals surface area contributed by atoms with E-state index in [4.69, 9.17) is 5.73 Å². The lowest BCUT2D eigenvalue weighted by molar-refractivity contribution is -0.250. The fourth-order valence-electron chi connectivity index (χ4n) is 0.912. The van der Waals surface area contributed by atoms with E-state index in [0.29, 0.717) is 5.69 Å². The summed E-state index contributed by atoms with van der Waals surface area (Å²) in [6.07, 6.45) is -1.63. The van der Waals surface area contributed by atoms with E-state index in [1.54, 1.807) is 5.32 Å². The molecule has 0 saturated carbocycles. The van der Waals surface area contributed by atoms with Gasteiger partial charge in [-0.1, -0.05) is 0 Å². The Morgan fingerprint density at radius 3 is 2.33 bits per heavy atom. The van der Waals surface area contributed by atoms with Gasteiger partial charge in [-0.2, -0.15) is 0 Å². The molecule has 0 fully saturated rings. The first-order valence-electron chi connectivity index (χ1n) is 3.95. The smallest absolute Gasteiger partial charge is 0.196 e. The Balaban J connectivity index is 2.87. The normalized spacial score (nSPS) is 10.9. The van der Waals surface area contributed by atoms with E-state index in [2.05, 4.69) is 0 Å². The number of nitrogens with two attached hydrogens (primary N) is 1. The number of anilines is 1. The van der Waals surface area contributed by atoms with Gasteiger partial charge in [-0.3, -0.25) is 0 Å². The van der Waals surface area contributed by atoms with Crippen LogP contribution in [0.5, 0.6) is 0 Å². The average Bonchev–Trinajstić information content (AvgIpc) is 2.16. The molecule has 0 saturated heterocycles. The molecule has 0 radical (unpaired) electrons. The molecule has 6 nitrogen and oxygen atoms in total. The Labute approximate surface area is 86.6 Å². The molecule has 1 amide bonds. The van der Waals surface area contributed by atoms with Gasteiger partial charge in [-0.05, 0) is 24.3 Å². The summed E-state index contributed by atoms with van der Waals surface area (Å²) in [5.74, 6) is -0.709. The number of carboxylic acid groups (broad SMARTS) is 1. The predicted octanol–water partition coefficient (Wildman–Crippen LogP) is -1.07. The van der Waals surface area contributed by atoms with Crippen molar-refractivity contribution in [3.8, 4) is 0 Å². The summed E-state index contributed by atoms with van der Waals surface area (Å²) in [7, 11) is -3.66. The number of amides is 1. The van der Waals surface area contributed by atoms with Gasteiger partial charge in [0.05, 0.1) is 4.90 Å². The van der Waals surface area contributed by atoms with Crippen molar-refractivity contribution in [1.29, 1.82) is 0 Å². The highest BCUT2D eigenvalue weighted by Gasteiger charge is 2.13. The molecule has 0 spiro atoms. The van der Waals surface area contributed by atoms with E-state index in [0.717, 1.165) is 0 Å². The average molecular weight is 229 g/mol. The van der Waals surface area contributed by atoms with Crippen molar-refractivity contribution < 1.29 is 18.3 Å². The van der Waals surface area contributed by atoms with E-state index < -0.39 is 21.8 Å². The van der Waals surface area contributed by atoms with Crippen LogP contribution in [0.4, 0.5) is 10.5 Å². The molecule has 15 heavy (non-hydrogen) atoms. The van der Waals surface area contributed by atoms with Gasteiger partial charge >= 0.3 is 0 Å². The molecule has 0 unspecified atom stereocenters. The van der Waals surface area contributed by atoms with Crippen LogP contribution >= 0.6 is 0 Å². The van der Waals surface area contributed by atoms with E-state index in [1.807, 2.05) is 0 Å². The first-order valence-corrected chi connectivity index (χ1v) is 5.60. The molecule has 0 heterocycles. The second-order valence-corrected chi connectivity index (χ2v) is 4.78. The molecule has 0 bridgehead atoms. The summed E-state index contributed by atoms with van der Waals surface area (Å²) in [6, 6.07) is 5.46. The van der Waals surface area contributed by atoms with E-state index in [-0.39, 0.29) is 4.90 Å². The molecule has 0 aliphatic carbocycles. The van der Waals surface area contributed by atoms with E-state index >= 15 is 0 Å². The molecule has 1 aromatic carbocycles. The molecule has 7 heteroatoms. The number of rotatable bonds is 3. The number of carbonyl (C=O) groups excluding carboxylic acids is 1. The summed E-state index contributed by atoms with van der Waals surface area (Å²) in [5, 5.41) is 11.7. The summed E-state index contributed by atoms with van der Waals surface area (Å²) in [4.78, 5) is 10.0. The van der Waals surface area contributed by atoms with Crippen molar-refractivity contribution >= 4 is 21.6 Å². The second kappa shape index (κ2) is 4.18. The van der Waals surface area contributed by atoms with Gasteiger partial charge in [-0.25, -0.2) is 8.42 Å². The third kappa shape index (κ3) is 3.13. The Bertz CT molecular complexity index is 452. The molecule has 1 aromatic rings. The third-order valence-electron chi connectivity index (χ3n) is 1.65. The monoisotopic (exact) mass is 229 g/mol. The minimum absolute atomic E-state index is 0.00505. The summed E-state index contributed by atoms with van der Waals surface area (Å²) < 4.78 is 22.9. The lowest BCUT2D eigenvalue weighted by Gasteiger charge is -2.07. The maximum Gasteiger partial charge on any atom is 0.196 e. The van der Waals surface area contributed by atoms with E-state index in [1.165, 1.54) is 24.3 Å². The van der Waals surface area contributed by atoms with Crippen LogP contribution < -0.4 is 16.2 Å². The molecule has 0 aliphatic rings. The standard InChI is InChI=1S/C8H10N2O4S/c9-6-1-3-7(4-2-6)15(13,14)5-10-8(11)12/h1-4,10H,5,9H2,(H,11,12)/p-1. The van der Waals surface area contributed by atoms with Gasteiger partial charge in [-0.15, -0.1) is 0 Å². The molecule has 0 atom stereocenters. The van der Waals surface area contributed by atoms with Crippen LogP contribution in [0.2, 0.25) is 0 Å². The molecule has 1 rings (SSSR count). The van der Waals surface area contributed by atoms with Gasteiger partial charge in [0.2, 0.25) is 0 Å². The van der Waals surface area contributed by atoms with Crippen LogP contribution in [0.25, 0.3) is 0 Å². The summed E-state index contributed by atoms with van der Waals surface area (Å²) >= 11 is 0. The summed E-state index contributed by atoms with van der Waals surface area (Å²) in [5.41, 5.74) is 5.81. The number of nitrogens with one attached hydrogen (secondary N) is 1. The van der Waals surface area contributed by atoms with Crippen molar-refractivity contribution in [2.24, 2.45) is 0 Å². The van der Waals surface area contributed by atoms with Gasteiger partial charge in [0.15, 0.2) is 9.84 Å². The van der Waals surface area contributed by atoms with Crippen LogP contribution in [0, 0.1) is 0 Å². The lowest BCUT2D eigenvalue weighted by Crippen LogP contribution is -2.39. The fourth-order valence-corrected chi connectivity index (χ4v) is 1.94. The van der Waals surface area contributed by atoms with Crippen molar-refractivity contribution in [2.45, 2.75) is 4.90 Å². The SMILES string of the molecule is Nc1ccc(S(=O)(=O)CNC(=O)[O-])cc1. The molecular weight excluding hydrogens is 220 g/mol. The highest BCUT2D eigenvalue weighted by molar-refractivity contribution is 7.91. The number of carbonyl (C=O) groups is 1. The predicted molar refractivity (Wildman–Crippen MR) is 51.4 cm³/mol. The first kappa shape index (κ1) is 11.3. The van der Waals surface area contributed by atoms with Crippen molar-refractivity contribution in [1.82, 2.24) is 5.32 Å². The minimum atomic E-state index is -3.66. The lowest BCUT2D eigenvalue weighted by atomic mass is 10.3. The van der Waals surface area contributed by atoms with Crippen molar-refractivity contribution in [3.63, 3.8) is 0 Å². The maximum absolute atomic E-state index is 11.5. The minimum Gasteiger partial charge on any atom is -0.530 e. The van der Waals surface area contributed by atoms with E-state index in [9.17, 15) is 18.3 Å². The first-order chi connectivity index (χ1) is 6.92. The number of hydrogen-bond donors (Lipinski definition) is 2. The Kier molecular flexibility index (Phi) is 3.15. The van der Waals surface area contributed by atoms with Crippen LogP contribution in [0.1, 0.15) is 0 Å². The number of sulfone groups is 1. The topological polar surface area (TPSA) is 112 Å². The van der Waals surface area contributed by atoms with Gasteiger partial charge in [0.1, 0.15) is 12.0 Å². The van der Waals surface area contributed by atoms with Crippen molar-refractivity contribution in [3.05, 3.63) is 24.3 Å². The number of hydrogen-bond acceptors (Lipinski definition) is 5. The van der Waals surface area contributed by atoms with Crippen molar-refractivity contribution in [2.75, 3.05) is 11.6 Å². The third-order valence-corrected chi connectivity index (χ3v) is 3.16. The van der Waals surface area contributed by atoms with Gasteiger partial charge in [0, 0.05) is 5.69 Å². The highest BCUT2D eigenvalue weighted by Crippen LogP contribution is 2.12. The Morgan fingerprint density at radius 1 is 1.33 bits per heavy atom. The van der Waals surface area contributed by atoms with Gasteiger partial charge in [0.25, 0.3) is 0 Å². The molecule has 82 valence electrons. The maximum atomic E-state index is 11.5. The highest BCUT2D eigenvalue weighted by atomic mass is 32.2. The van der Waals surface area contributed by atoms with Crippen LogP contribution in [-0.4, -0.2) is 20.4 Å².